The molecule has 0 spiro atoms. The Morgan fingerprint density at radius 1 is 1.20 bits per heavy atom. The number of rotatable bonds is 4. The number of hydrogen-bond donors (Lipinski definition) is 0. The van der Waals surface area contributed by atoms with Crippen molar-refractivity contribution in [2.45, 2.75) is 38.0 Å². The van der Waals surface area contributed by atoms with Crippen molar-refractivity contribution < 1.29 is 22.3 Å². The molecule has 1 aromatic carbocycles. The van der Waals surface area contributed by atoms with Crippen LogP contribution in [0.5, 0.6) is 6.01 Å². The lowest BCUT2D eigenvalue weighted by Crippen LogP contribution is -2.21. The van der Waals surface area contributed by atoms with Gasteiger partial charge in [0.05, 0.1) is 0 Å². The Bertz CT molecular complexity index is 745. The molecule has 4 nitrogen and oxygen atoms in total. The Hall–Kier alpha value is -2.38. The molecule has 1 aromatic heterocycles. The molecule has 0 N–H and O–H groups in total. The molecular formula is C17H17F4N3O. The van der Waals surface area contributed by atoms with Gasteiger partial charge in [0, 0.05) is 18.9 Å². The summed E-state index contributed by atoms with van der Waals surface area (Å²) in [6.45, 7) is 0. The van der Waals surface area contributed by atoms with Crippen molar-refractivity contribution in [2.75, 3.05) is 11.9 Å². The van der Waals surface area contributed by atoms with Gasteiger partial charge in [-0.15, -0.1) is 0 Å². The van der Waals surface area contributed by atoms with E-state index in [0.717, 1.165) is 31.7 Å². The number of anilines is 2. The van der Waals surface area contributed by atoms with E-state index in [1.54, 1.807) is 0 Å². The summed E-state index contributed by atoms with van der Waals surface area (Å²) in [5.41, 5.74) is -0.756. The Morgan fingerprint density at radius 3 is 2.56 bits per heavy atom. The highest BCUT2D eigenvalue weighted by molar-refractivity contribution is 5.62. The summed E-state index contributed by atoms with van der Waals surface area (Å²) in [6.07, 6.45) is -0.309. The van der Waals surface area contributed by atoms with Crippen molar-refractivity contribution in [3.05, 3.63) is 41.8 Å². The van der Waals surface area contributed by atoms with E-state index in [-0.39, 0.29) is 23.6 Å². The quantitative estimate of drug-likeness (QED) is 0.744. The van der Waals surface area contributed by atoms with Gasteiger partial charge in [0.2, 0.25) is 0 Å². The molecule has 1 aliphatic carbocycles. The SMILES string of the molecule is CN(c1cccc(F)c1)c1nc(OC2CCCC2)ncc1C(F)(F)F. The molecule has 0 atom stereocenters. The van der Waals surface area contributed by atoms with E-state index in [1.165, 1.54) is 30.1 Å². The fraction of sp³-hybridized carbons (Fsp3) is 0.412. The maximum absolute atomic E-state index is 13.4. The minimum absolute atomic E-state index is 0.0796. The van der Waals surface area contributed by atoms with Gasteiger partial charge in [-0.2, -0.15) is 18.2 Å². The highest BCUT2D eigenvalue weighted by Crippen LogP contribution is 2.38. The lowest BCUT2D eigenvalue weighted by molar-refractivity contribution is -0.137. The summed E-state index contributed by atoms with van der Waals surface area (Å²) in [7, 11) is 1.39. The lowest BCUT2D eigenvalue weighted by Gasteiger charge is -2.23. The number of hydrogen-bond acceptors (Lipinski definition) is 4. The maximum Gasteiger partial charge on any atom is 0.421 e. The summed E-state index contributed by atoms with van der Waals surface area (Å²) in [5, 5.41) is 0. The number of benzene rings is 1. The zero-order valence-corrected chi connectivity index (χ0v) is 13.6. The summed E-state index contributed by atoms with van der Waals surface area (Å²) >= 11 is 0. The van der Waals surface area contributed by atoms with Crippen LogP contribution in [0.25, 0.3) is 0 Å². The highest BCUT2D eigenvalue weighted by Gasteiger charge is 2.37. The smallest absolute Gasteiger partial charge is 0.421 e. The van der Waals surface area contributed by atoms with Crippen molar-refractivity contribution in [3.8, 4) is 6.01 Å². The van der Waals surface area contributed by atoms with Crippen LogP contribution in [0.2, 0.25) is 0 Å². The molecule has 1 heterocycles. The average Bonchev–Trinajstić information content (AvgIpc) is 3.06. The van der Waals surface area contributed by atoms with Crippen LogP contribution in [0.1, 0.15) is 31.2 Å². The molecule has 134 valence electrons. The standard InChI is InChI=1S/C17H17F4N3O/c1-24(12-6-4-5-11(18)9-12)15-14(17(19,20)21)10-22-16(23-15)25-13-7-2-3-8-13/h4-6,9-10,13H,2-3,7-8H2,1H3. The van der Waals surface area contributed by atoms with Gasteiger partial charge in [0.1, 0.15) is 17.5 Å². The first kappa shape index (κ1) is 17.4. The van der Waals surface area contributed by atoms with Gasteiger partial charge < -0.3 is 9.64 Å². The van der Waals surface area contributed by atoms with E-state index < -0.39 is 17.6 Å². The van der Waals surface area contributed by atoms with E-state index in [4.69, 9.17) is 4.74 Å². The van der Waals surface area contributed by atoms with E-state index in [0.29, 0.717) is 6.20 Å². The molecule has 1 fully saturated rings. The van der Waals surface area contributed by atoms with Crippen LogP contribution in [0.3, 0.4) is 0 Å². The molecule has 1 saturated carbocycles. The van der Waals surface area contributed by atoms with E-state index in [1.807, 2.05) is 0 Å². The van der Waals surface area contributed by atoms with Gasteiger partial charge in [0.15, 0.2) is 5.82 Å². The molecule has 0 saturated heterocycles. The van der Waals surface area contributed by atoms with Crippen molar-refractivity contribution >= 4 is 11.5 Å². The molecule has 8 heteroatoms. The van der Waals surface area contributed by atoms with Gasteiger partial charge in [-0.1, -0.05) is 6.07 Å². The first-order valence-corrected chi connectivity index (χ1v) is 7.95. The largest absolute Gasteiger partial charge is 0.460 e. The zero-order valence-electron chi connectivity index (χ0n) is 13.6. The molecule has 1 aliphatic rings. The first-order valence-electron chi connectivity index (χ1n) is 7.95. The van der Waals surface area contributed by atoms with Gasteiger partial charge in [0.25, 0.3) is 0 Å². The van der Waals surface area contributed by atoms with E-state index in [2.05, 4.69) is 9.97 Å². The van der Waals surface area contributed by atoms with Gasteiger partial charge in [-0.05, 0) is 43.9 Å². The molecule has 0 unspecified atom stereocenters. The normalized spacial score (nSPS) is 15.4. The van der Waals surface area contributed by atoms with E-state index >= 15 is 0 Å². The van der Waals surface area contributed by atoms with Crippen LogP contribution in [0, 0.1) is 5.82 Å². The lowest BCUT2D eigenvalue weighted by atomic mass is 10.2. The predicted octanol–water partition coefficient (Wildman–Crippen LogP) is 4.72. The van der Waals surface area contributed by atoms with E-state index in [9.17, 15) is 17.6 Å². The molecule has 0 bridgehead atoms. The molecular weight excluding hydrogens is 338 g/mol. The predicted molar refractivity (Wildman–Crippen MR) is 84.4 cm³/mol. The van der Waals surface area contributed by atoms with Crippen LogP contribution >= 0.6 is 0 Å². The average molecular weight is 355 g/mol. The number of ether oxygens (including phenoxy) is 1. The fourth-order valence-electron chi connectivity index (χ4n) is 2.83. The van der Waals surface area contributed by atoms with Crippen molar-refractivity contribution in [2.24, 2.45) is 0 Å². The Balaban J connectivity index is 1.98. The molecule has 0 radical (unpaired) electrons. The minimum Gasteiger partial charge on any atom is -0.460 e. The summed E-state index contributed by atoms with van der Waals surface area (Å²) in [4.78, 5) is 8.84. The third-order valence-electron chi connectivity index (χ3n) is 4.14. The van der Waals surface area contributed by atoms with Crippen LogP contribution in [-0.2, 0) is 6.18 Å². The third-order valence-corrected chi connectivity index (χ3v) is 4.14. The van der Waals surface area contributed by atoms with Crippen molar-refractivity contribution in [3.63, 3.8) is 0 Å². The zero-order chi connectivity index (χ0) is 18.0. The monoisotopic (exact) mass is 355 g/mol. The van der Waals surface area contributed by atoms with Gasteiger partial charge in [-0.3, -0.25) is 0 Å². The number of halogens is 4. The van der Waals surface area contributed by atoms with Crippen LogP contribution < -0.4 is 9.64 Å². The molecule has 25 heavy (non-hydrogen) atoms. The number of aromatic nitrogens is 2. The maximum atomic E-state index is 13.4. The van der Waals surface area contributed by atoms with Crippen LogP contribution in [0.15, 0.2) is 30.5 Å². The Kier molecular flexibility index (Phi) is 4.78. The first-order chi connectivity index (χ1) is 11.8. The third kappa shape index (κ3) is 4.00. The molecule has 2 aromatic rings. The topological polar surface area (TPSA) is 38.2 Å². The van der Waals surface area contributed by atoms with Crippen molar-refractivity contribution in [1.82, 2.24) is 9.97 Å². The Labute approximate surface area is 142 Å². The summed E-state index contributed by atoms with van der Waals surface area (Å²) < 4.78 is 59.0. The summed E-state index contributed by atoms with van der Waals surface area (Å²) in [5.74, 6) is -0.921. The molecule has 0 aliphatic heterocycles. The van der Waals surface area contributed by atoms with Crippen molar-refractivity contribution in [1.29, 1.82) is 0 Å². The number of nitrogens with zero attached hydrogens (tertiary/aromatic N) is 3. The molecule has 0 amide bonds. The van der Waals surface area contributed by atoms with Crippen LogP contribution in [0.4, 0.5) is 29.1 Å². The summed E-state index contributed by atoms with van der Waals surface area (Å²) in [6, 6.07) is 5.18. The minimum atomic E-state index is -4.64. The second-order valence-corrected chi connectivity index (χ2v) is 5.95. The van der Waals surface area contributed by atoms with Gasteiger partial charge >= 0.3 is 12.2 Å². The second-order valence-electron chi connectivity index (χ2n) is 5.95. The van der Waals surface area contributed by atoms with Gasteiger partial charge in [-0.25, -0.2) is 9.37 Å². The Morgan fingerprint density at radius 2 is 1.92 bits per heavy atom. The van der Waals surface area contributed by atoms with Crippen LogP contribution in [-0.4, -0.2) is 23.1 Å². The molecule has 3 rings (SSSR count). The second kappa shape index (κ2) is 6.85. The number of alkyl halides is 3. The highest BCUT2D eigenvalue weighted by atomic mass is 19.4. The fourth-order valence-corrected chi connectivity index (χ4v) is 2.83.